The molecule has 0 radical (unpaired) electrons. The van der Waals surface area contributed by atoms with Crippen molar-refractivity contribution in [2.75, 3.05) is 39.6 Å². The summed E-state index contributed by atoms with van der Waals surface area (Å²) in [6, 6.07) is 0. The van der Waals surface area contributed by atoms with Crippen molar-refractivity contribution in [1.29, 1.82) is 0 Å². The van der Waals surface area contributed by atoms with E-state index in [1.807, 2.05) is 0 Å². The Balaban J connectivity index is 5.22. The van der Waals surface area contributed by atoms with Crippen LogP contribution in [0.3, 0.4) is 0 Å². The van der Waals surface area contributed by atoms with E-state index in [1.165, 1.54) is 199 Å². The second-order valence-corrected chi connectivity index (χ2v) is 31.5. The molecule has 0 spiro atoms. The van der Waals surface area contributed by atoms with Gasteiger partial charge in [-0.1, -0.05) is 337 Å². The van der Waals surface area contributed by atoms with Gasteiger partial charge < -0.3 is 33.8 Å². The number of phosphoric ester groups is 2. The van der Waals surface area contributed by atoms with Crippen LogP contribution < -0.4 is 0 Å². The van der Waals surface area contributed by atoms with E-state index >= 15 is 0 Å². The van der Waals surface area contributed by atoms with Gasteiger partial charge in [-0.25, -0.2) is 9.13 Å². The maximum atomic E-state index is 13.1. The van der Waals surface area contributed by atoms with Gasteiger partial charge in [-0.3, -0.25) is 37.3 Å². The lowest BCUT2D eigenvalue weighted by Gasteiger charge is -2.21. The Morgan fingerprint density at radius 2 is 0.537 bits per heavy atom. The molecule has 0 aliphatic heterocycles. The van der Waals surface area contributed by atoms with E-state index in [4.69, 9.17) is 37.0 Å². The molecule has 0 aliphatic carbocycles. The van der Waals surface area contributed by atoms with Crippen molar-refractivity contribution in [2.24, 2.45) is 17.8 Å². The first-order valence-corrected chi connectivity index (χ1v) is 42.4. The van der Waals surface area contributed by atoms with Gasteiger partial charge in [0, 0.05) is 25.7 Å². The van der Waals surface area contributed by atoms with Crippen molar-refractivity contribution in [3.63, 3.8) is 0 Å². The molecule has 0 fully saturated rings. The molecule has 0 amide bonds. The number of hydrogen-bond donors (Lipinski definition) is 3. The highest BCUT2D eigenvalue weighted by molar-refractivity contribution is 7.47. The van der Waals surface area contributed by atoms with Gasteiger partial charge in [-0.05, 0) is 43.4 Å². The predicted molar refractivity (Wildman–Crippen MR) is 386 cm³/mol. The fraction of sp³-hybridized carbons (Fsp3) is 0.947. The molecule has 3 N–H and O–H groups in total. The number of aliphatic hydroxyl groups is 1. The summed E-state index contributed by atoms with van der Waals surface area (Å²) in [5.41, 5.74) is 0. The quantitative estimate of drug-likeness (QED) is 0.0222. The summed E-state index contributed by atoms with van der Waals surface area (Å²) in [5, 5.41) is 10.6. The van der Waals surface area contributed by atoms with Crippen molar-refractivity contribution in [3.05, 3.63) is 0 Å². The van der Waals surface area contributed by atoms with Crippen LogP contribution >= 0.6 is 15.6 Å². The minimum atomic E-state index is -4.96. The SMILES string of the molecule is CCCCCCCCCCCCCCCCCCCCCCC(=O)O[C@H](COC(=O)CCCCCCCCCCCC(C)C)COP(=O)(O)OC[C@@H](O)COP(=O)(O)OC[C@@H](COC(=O)CCCCCCCCCCC(C)C)OC(=O)CCCCCCCCCCC(C)CC. The Morgan fingerprint density at radius 3 is 0.800 bits per heavy atom. The Hall–Kier alpha value is -1.94. The van der Waals surface area contributed by atoms with Crippen LogP contribution in [0.25, 0.3) is 0 Å². The van der Waals surface area contributed by atoms with Crippen LogP contribution in [0.2, 0.25) is 0 Å². The largest absolute Gasteiger partial charge is 0.472 e. The molecule has 3 unspecified atom stereocenters. The number of rotatable bonds is 74. The second kappa shape index (κ2) is 66.6. The monoisotopic (exact) mass is 1400 g/mol. The third kappa shape index (κ3) is 69.0. The van der Waals surface area contributed by atoms with Gasteiger partial charge in [0.05, 0.1) is 26.4 Å². The molecule has 95 heavy (non-hydrogen) atoms. The number of unbranched alkanes of at least 4 members (excludes halogenated alkanes) is 41. The summed E-state index contributed by atoms with van der Waals surface area (Å²) < 4.78 is 68.5. The van der Waals surface area contributed by atoms with Gasteiger partial charge in [0.25, 0.3) is 0 Å². The average molecular weight is 1400 g/mol. The van der Waals surface area contributed by atoms with E-state index in [-0.39, 0.29) is 25.7 Å². The lowest BCUT2D eigenvalue weighted by atomic mass is 9.99. The minimum Gasteiger partial charge on any atom is -0.462 e. The van der Waals surface area contributed by atoms with Gasteiger partial charge >= 0.3 is 39.5 Å². The van der Waals surface area contributed by atoms with Gasteiger partial charge in [-0.15, -0.1) is 0 Å². The third-order valence-electron chi connectivity index (χ3n) is 18.0. The van der Waals surface area contributed by atoms with Gasteiger partial charge in [0.2, 0.25) is 0 Å². The molecule has 0 aromatic rings. The fourth-order valence-corrected chi connectivity index (χ4v) is 13.1. The van der Waals surface area contributed by atoms with E-state index in [1.54, 1.807) is 0 Å². The van der Waals surface area contributed by atoms with Crippen molar-refractivity contribution in [1.82, 2.24) is 0 Å². The van der Waals surface area contributed by atoms with Crippen LogP contribution in [0.4, 0.5) is 0 Å². The number of ether oxygens (including phenoxy) is 4. The zero-order chi connectivity index (χ0) is 70.1. The van der Waals surface area contributed by atoms with Crippen molar-refractivity contribution < 1.29 is 80.2 Å². The molecule has 6 atom stereocenters. The van der Waals surface area contributed by atoms with E-state index in [0.717, 1.165) is 108 Å². The third-order valence-corrected chi connectivity index (χ3v) is 19.9. The van der Waals surface area contributed by atoms with Crippen molar-refractivity contribution in [2.45, 2.75) is 407 Å². The molecular formula is C76H148O17P2. The highest BCUT2D eigenvalue weighted by atomic mass is 31.2. The molecule has 564 valence electrons. The Morgan fingerprint density at radius 1 is 0.305 bits per heavy atom. The summed E-state index contributed by atoms with van der Waals surface area (Å²) in [4.78, 5) is 72.8. The van der Waals surface area contributed by atoms with Crippen LogP contribution in [0.15, 0.2) is 0 Å². The Bertz CT molecular complexity index is 1850. The van der Waals surface area contributed by atoms with Crippen LogP contribution in [0.5, 0.6) is 0 Å². The maximum absolute atomic E-state index is 13.1. The highest BCUT2D eigenvalue weighted by Crippen LogP contribution is 2.45. The van der Waals surface area contributed by atoms with Crippen molar-refractivity contribution >= 4 is 39.5 Å². The van der Waals surface area contributed by atoms with E-state index in [2.05, 4.69) is 48.5 Å². The molecule has 0 saturated carbocycles. The number of phosphoric acid groups is 2. The molecular weight excluding hydrogens is 1250 g/mol. The van der Waals surface area contributed by atoms with Crippen LogP contribution in [0.1, 0.15) is 389 Å². The van der Waals surface area contributed by atoms with E-state index in [9.17, 15) is 43.2 Å². The molecule has 0 heterocycles. The minimum absolute atomic E-state index is 0.104. The topological polar surface area (TPSA) is 237 Å². The van der Waals surface area contributed by atoms with Gasteiger partial charge in [0.15, 0.2) is 12.2 Å². The predicted octanol–water partition coefficient (Wildman–Crippen LogP) is 22.2. The summed E-state index contributed by atoms with van der Waals surface area (Å²) >= 11 is 0. The molecule has 0 aliphatic rings. The molecule has 19 heteroatoms. The van der Waals surface area contributed by atoms with Crippen molar-refractivity contribution in [3.8, 4) is 0 Å². The van der Waals surface area contributed by atoms with Crippen LogP contribution in [0, 0.1) is 17.8 Å². The standard InChI is InChI=1S/C76H148O17P2/c1-8-10-11-12-13-14-15-16-17-18-19-20-21-22-23-24-27-38-45-52-59-75(80)92-71(63-86-73(78)57-50-43-36-28-25-26-33-40-47-54-67(3)4)65-90-94(82,83)88-61-70(77)62-89-95(84,85)91-66-72(64-87-74(79)58-51-44-37-31-29-34-41-48-55-68(5)6)93-76(81)60-53-46-39-32-30-35-42-49-56-69(7)9-2/h67-72,77H,8-66H2,1-7H3,(H,82,83)(H,84,85)/t69?,70-,71-,72-/m1/s1. The molecule has 17 nitrogen and oxygen atoms in total. The lowest BCUT2D eigenvalue weighted by molar-refractivity contribution is -0.161. The zero-order valence-corrected chi connectivity index (χ0v) is 63.9. The van der Waals surface area contributed by atoms with Crippen LogP contribution in [-0.4, -0.2) is 96.7 Å². The highest BCUT2D eigenvalue weighted by Gasteiger charge is 2.30. The van der Waals surface area contributed by atoms with E-state index in [0.29, 0.717) is 25.7 Å². The Kier molecular flexibility index (Phi) is 65.2. The molecule has 0 rings (SSSR count). The number of esters is 4. The summed E-state index contributed by atoms with van der Waals surface area (Å²) in [6.45, 7) is 11.8. The molecule has 0 bridgehead atoms. The van der Waals surface area contributed by atoms with Crippen LogP contribution in [-0.2, 0) is 65.4 Å². The first kappa shape index (κ1) is 93.1. The lowest BCUT2D eigenvalue weighted by Crippen LogP contribution is -2.30. The number of carbonyl (C=O) groups excluding carboxylic acids is 4. The molecule has 0 aromatic carbocycles. The average Bonchev–Trinajstić information content (AvgIpc) is 1.64. The zero-order valence-electron chi connectivity index (χ0n) is 62.1. The maximum Gasteiger partial charge on any atom is 0.472 e. The normalized spacial score (nSPS) is 14.4. The number of carbonyl (C=O) groups is 4. The number of hydrogen-bond acceptors (Lipinski definition) is 15. The summed E-state index contributed by atoms with van der Waals surface area (Å²) in [6.07, 6.45) is 52.8. The smallest absolute Gasteiger partial charge is 0.462 e. The van der Waals surface area contributed by atoms with E-state index < -0.39 is 97.5 Å². The number of aliphatic hydroxyl groups excluding tert-OH is 1. The molecule has 0 saturated heterocycles. The van der Waals surface area contributed by atoms with Gasteiger partial charge in [-0.2, -0.15) is 0 Å². The first-order chi connectivity index (χ1) is 45.8. The first-order valence-electron chi connectivity index (χ1n) is 39.4. The van der Waals surface area contributed by atoms with Gasteiger partial charge in [0.1, 0.15) is 19.3 Å². The fourth-order valence-electron chi connectivity index (χ4n) is 11.6. The Labute approximate surface area is 581 Å². The molecule has 0 aromatic heterocycles. The summed E-state index contributed by atoms with van der Waals surface area (Å²) in [7, 11) is -9.91. The summed E-state index contributed by atoms with van der Waals surface area (Å²) in [5.74, 6) is 0.118. The second-order valence-electron chi connectivity index (χ2n) is 28.6.